The fourth-order valence-electron chi connectivity index (χ4n) is 3.58. The molecule has 0 N–H and O–H groups in total. The van der Waals surface area contributed by atoms with Crippen molar-refractivity contribution < 1.29 is 0 Å². The van der Waals surface area contributed by atoms with Crippen molar-refractivity contribution in [3.05, 3.63) is 90.3 Å². The van der Waals surface area contributed by atoms with Gasteiger partial charge < -0.3 is 4.57 Å². The van der Waals surface area contributed by atoms with E-state index in [1.807, 2.05) is 0 Å². The molecular weight excluding hydrogens is 328 g/mol. The molecule has 0 fully saturated rings. The van der Waals surface area contributed by atoms with E-state index in [4.69, 9.17) is 4.98 Å². The lowest BCUT2D eigenvalue weighted by Crippen LogP contribution is -2.09. The Kier molecular flexibility index (Phi) is 5.06. The van der Waals surface area contributed by atoms with Gasteiger partial charge in [0.1, 0.15) is 5.82 Å². The van der Waals surface area contributed by atoms with E-state index < -0.39 is 0 Å². The monoisotopic (exact) mass is 354 g/mol. The van der Waals surface area contributed by atoms with Crippen molar-refractivity contribution in [2.75, 3.05) is 0 Å². The maximum absolute atomic E-state index is 4.94. The van der Waals surface area contributed by atoms with Crippen LogP contribution in [-0.2, 0) is 13.0 Å². The van der Waals surface area contributed by atoms with E-state index in [9.17, 15) is 0 Å². The molecule has 1 atom stereocenters. The summed E-state index contributed by atoms with van der Waals surface area (Å²) < 4.78 is 2.39. The molecule has 4 aromatic rings. The zero-order chi connectivity index (χ0) is 18.6. The molecular formula is C25H26N2. The summed E-state index contributed by atoms with van der Waals surface area (Å²) in [5.41, 5.74) is 6.15. The second-order valence-electron chi connectivity index (χ2n) is 7.39. The molecule has 0 radical (unpaired) electrons. The number of benzene rings is 3. The summed E-state index contributed by atoms with van der Waals surface area (Å²) in [6.45, 7) is 5.41. The molecule has 0 saturated heterocycles. The van der Waals surface area contributed by atoms with Crippen LogP contribution >= 0.6 is 0 Å². The molecule has 3 aromatic carbocycles. The second-order valence-corrected chi connectivity index (χ2v) is 7.39. The second kappa shape index (κ2) is 7.79. The summed E-state index contributed by atoms with van der Waals surface area (Å²) in [7, 11) is 0. The van der Waals surface area contributed by atoms with Crippen LogP contribution < -0.4 is 0 Å². The average Bonchev–Trinajstić information content (AvgIpc) is 3.06. The first kappa shape index (κ1) is 17.5. The fraction of sp³-hybridized carbons (Fsp3) is 0.240. The van der Waals surface area contributed by atoms with Crippen molar-refractivity contribution in [1.82, 2.24) is 9.55 Å². The van der Waals surface area contributed by atoms with Gasteiger partial charge in [0.25, 0.3) is 0 Å². The molecule has 27 heavy (non-hydrogen) atoms. The van der Waals surface area contributed by atoms with E-state index in [1.54, 1.807) is 0 Å². The number of aromatic nitrogens is 2. The Labute approximate surface area is 161 Å². The number of imidazole rings is 1. The van der Waals surface area contributed by atoms with Crippen molar-refractivity contribution >= 4 is 11.0 Å². The van der Waals surface area contributed by atoms with Gasteiger partial charge >= 0.3 is 0 Å². The maximum atomic E-state index is 4.94. The van der Waals surface area contributed by atoms with Crippen molar-refractivity contribution in [3.8, 4) is 11.1 Å². The van der Waals surface area contributed by atoms with Gasteiger partial charge in [-0.1, -0.05) is 80.9 Å². The minimum Gasteiger partial charge on any atom is -0.323 e. The van der Waals surface area contributed by atoms with Gasteiger partial charge in [-0.05, 0) is 40.8 Å². The van der Waals surface area contributed by atoms with E-state index >= 15 is 0 Å². The predicted octanol–water partition coefficient (Wildman–Crippen LogP) is 6.34. The van der Waals surface area contributed by atoms with Crippen LogP contribution in [0.25, 0.3) is 22.2 Å². The molecule has 0 saturated carbocycles. The van der Waals surface area contributed by atoms with Gasteiger partial charge in [0, 0.05) is 13.0 Å². The first-order valence-electron chi connectivity index (χ1n) is 9.83. The van der Waals surface area contributed by atoms with Crippen molar-refractivity contribution in [2.24, 2.45) is 5.92 Å². The minimum atomic E-state index is 0.635. The molecule has 0 spiro atoms. The van der Waals surface area contributed by atoms with E-state index in [0.717, 1.165) is 18.5 Å². The predicted molar refractivity (Wildman–Crippen MR) is 114 cm³/mol. The molecule has 1 unspecified atom stereocenters. The van der Waals surface area contributed by atoms with Gasteiger partial charge in [0.05, 0.1) is 11.0 Å². The van der Waals surface area contributed by atoms with Crippen LogP contribution in [0.1, 0.15) is 31.7 Å². The Balaban J connectivity index is 1.72. The topological polar surface area (TPSA) is 17.8 Å². The summed E-state index contributed by atoms with van der Waals surface area (Å²) in [6.07, 6.45) is 2.19. The quantitative estimate of drug-likeness (QED) is 0.395. The highest BCUT2D eigenvalue weighted by molar-refractivity contribution is 5.76. The average molecular weight is 354 g/mol. The summed E-state index contributed by atoms with van der Waals surface area (Å²) in [4.78, 5) is 4.94. The van der Waals surface area contributed by atoms with E-state index in [1.165, 1.54) is 34.5 Å². The molecule has 0 aliphatic heterocycles. The largest absolute Gasteiger partial charge is 0.323 e. The van der Waals surface area contributed by atoms with Crippen LogP contribution in [0, 0.1) is 5.92 Å². The van der Waals surface area contributed by atoms with Crippen molar-refractivity contribution in [2.45, 2.75) is 33.2 Å². The van der Waals surface area contributed by atoms with Gasteiger partial charge in [0.15, 0.2) is 0 Å². The van der Waals surface area contributed by atoms with Crippen LogP contribution in [0.4, 0.5) is 0 Å². The Morgan fingerprint density at radius 2 is 1.59 bits per heavy atom. The molecule has 1 aromatic heterocycles. The summed E-state index contributed by atoms with van der Waals surface area (Å²) >= 11 is 0. The Morgan fingerprint density at radius 3 is 2.41 bits per heavy atom. The summed E-state index contributed by atoms with van der Waals surface area (Å²) in [6, 6.07) is 27.9. The first-order valence-corrected chi connectivity index (χ1v) is 9.83. The van der Waals surface area contributed by atoms with E-state index in [-0.39, 0.29) is 0 Å². The Morgan fingerprint density at radius 1 is 0.852 bits per heavy atom. The zero-order valence-electron chi connectivity index (χ0n) is 16.1. The van der Waals surface area contributed by atoms with Gasteiger partial charge in [-0.25, -0.2) is 4.98 Å². The van der Waals surface area contributed by atoms with Crippen LogP contribution in [0.15, 0.2) is 78.9 Å². The van der Waals surface area contributed by atoms with Gasteiger partial charge in [-0.15, -0.1) is 0 Å². The highest BCUT2D eigenvalue weighted by Crippen LogP contribution is 2.24. The number of hydrogen-bond donors (Lipinski definition) is 0. The zero-order valence-corrected chi connectivity index (χ0v) is 16.1. The van der Waals surface area contributed by atoms with Gasteiger partial charge in [-0.3, -0.25) is 0 Å². The molecule has 2 nitrogen and oxygen atoms in total. The highest BCUT2D eigenvalue weighted by Gasteiger charge is 2.13. The third kappa shape index (κ3) is 3.80. The van der Waals surface area contributed by atoms with Gasteiger partial charge in [-0.2, -0.15) is 0 Å². The molecule has 0 amide bonds. The number of hydrogen-bond acceptors (Lipinski definition) is 1. The highest BCUT2D eigenvalue weighted by atomic mass is 15.1. The molecule has 1 heterocycles. The van der Waals surface area contributed by atoms with E-state index in [0.29, 0.717) is 5.92 Å². The lowest BCUT2D eigenvalue weighted by Gasteiger charge is -2.13. The number of fused-ring (bicyclic) bond motifs is 1. The number of para-hydroxylation sites is 2. The Hall–Kier alpha value is -2.87. The van der Waals surface area contributed by atoms with Crippen molar-refractivity contribution in [1.29, 1.82) is 0 Å². The lowest BCUT2D eigenvalue weighted by atomic mass is 10.0. The molecule has 4 rings (SSSR count). The minimum absolute atomic E-state index is 0.635. The smallest absolute Gasteiger partial charge is 0.110 e. The summed E-state index contributed by atoms with van der Waals surface area (Å²) in [5.74, 6) is 1.83. The standard InChI is InChI=1S/C25H26N2/c1-3-19(2)16-25-26-23-14-7-8-15-24(23)27(25)18-20-10-9-13-22(17-20)21-11-5-4-6-12-21/h4-15,17,19H,3,16,18H2,1-2H3. The van der Waals surface area contributed by atoms with E-state index in [2.05, 4.69) is 97.3 Å². The van der Waals surface area contributed by atoms with Crippen LogP contribution in [0.3, 0.4) is 0 Å². The molecule has 0 bridgehead atoms. The van der Waals surface area contributed by atoms with Crippen LogP contribution in [0.5, 0.6) is 0 Å². The fourth-order valence-corrected chi connectivity index (χ4v) is 3.58. The maximum Gasteiger partial charge on any atom is 0.110 e. The SMILES string of the molecule is CCC(C)Cc1nc2ccccc2n1Cc1cccc(-c2ccccc2)c1. The first-order chi connectivity index (χ1) is 13.2. The molecule has 0 aliphatic carbocycles. The van der Waals surface area contributed by atoms with Crippen LogP contribution in [-0.4, -0.2) is 9.55 Å². The summed E-state index contributed by atoms with van der Waals surface area (Å²) in [5, 5.41) is 0. The van der Waals surface area contributed by atoms with Gasteiger partial charge in [0.2, 0.25) is 0 Å². The number of nitrogens with zero attached hydrogens (tertiary/aromatic N) is 2. The third-order valence-corrected chi connectivity index (χ3v) is 5.34. The third-order valence-electron chi connectivity index (χ3n) is 5.34. The molecule has 136 valence electrons. The number of rotatable bonds is 6. The Bertz CT molecular complexity index is 1030. The van der Waals surface area contributed by atoms with Crippen molar-refractivity contribution in [3.63, 3.8) is 0 Å². The van der Waals surface area contributed by atoms with Crippen LogP contribution in [0.2, 0.25) is 0 Å². The molecule has 2 heteroatoms. The normalized spacial score (nSPS) is 12.4. The lowest BCUT2D eigenvalue weighted by molar-refractivity contribution is 0.530. The molecule has 0 aliphatic rings.